The van der Waals surface area contributed by atoms with Crippen molar-refractivity contribution in [1.82, 2.24) is 29.3 Å². The number of hydrogen-bond acceptors (Lipinski definition) is 5. The third-order valence-corrected chi connectivity index (χ3v) is 4.96. The van der Waals surface area contributed by atoms with E-state index in [2.05, 4.69) is 31.5 Å². The van der Waals surface area contributed by atoms with E-state index in [0.717, 1.165) is 63.4 Å². The van der Waals surface area contributed by atoms with Crippen LogP contribution in [-0.2, 0) is 30.8 Å². The van der Waals surface area contributed by atoms with Crippen LogP contribution in [-0.4, -0.2) is 55.4 Å². The van der Waals surface area contributed by atoms with Crippen LogP contribution in [0.5, 0.6) is 0 Å². The van der Waals surface area contributed by atoms with Crippen LogP contribution in [0.4, 0.5) is 0 Å². The molecule has 3 heterocycles. The summed E-state index contributed by atoms with van der Waals surface area (Å²) < 4.78 is 2.29. The fraction of sp³-hybridized carbons (Fsp3) is 0.556. The minimum Gasteiger partial charge on any atom is -0.340 e. The predicted molar refractivity (Wildman–Crippen MR) is 92.4 cm³/mol. The van der Waals surface area contributed by atoms with Crippen LogP contribution in [0.2, 0.25) is 0 Å². The molecule has 1 fully saturated rings. The van der Waals surface area contributed by atoms with E-state index in [1.54, 1.807) is 6.33 Å². The van der Waals surface area contributed by atoms with Gasteiger partial charge in [-0.05, 0) is 19.9 Å². The monoisotopic (exact) mass is 340 g/mol. The van der Waals surface area contributed by atoms with Gasteiger partial charge in [-0.2, -0.15) is 0 Å². The fourth-order valence-electron chi connectivity index (χ4n) is 3.48. The third-order valence-electron chi connectivity index (χ3n) is 4.96. The van der Waals surface area contributed by atoms with Crippen LogP contribution in [0.1, 0.15) is 29.9 Å². The van der Waals surface area contributed by atoms with Gasteiger partial charge in [0, 0.05) is 69.2 Å². The summed E-state index contributed by atoms with van der Waals surface area (Å²) >= 11 is 0. The lowest BCUT2D eigenvalue weighted by atomic mass is 10.3. The summed E-state index contributed by atoms with van der Waals surface area (Å²) in [5.41, 5.74) is 2.30. The average molecular weight is 340 g/mol. The molecule has 1 amide bonds. The molecule has 2 aromatic rings. The average Bonchev–Trinajstić information content (AvgIpc) is 3.42. The quantitative estimate of drug-likeness (QED) is 0.815. The largest absolute Gasteiger partial charge is 0.340 e. The second-order valence-corrected chi connectivity index (χ2v) is 7.09. The Kier molecular flexibility index (Phi) is 4.48. The Bertz CT molecular complexity index is 739. The zero-order valence-corrected chi connectivity index (χ0v) is 14.6. The topological polar surface area (TPSA) is 67.2 Å². The number of amides is 1. The van der Waals surface area contributed by atoms with Gasteiger partial charge in [0.25, 0.3) is 0 Å². The van der Waals surface area contributed by atoms with Gasteiger partial charge in [0.1, 0.15) is 12.2 Å². The molecule has 7 heteroatoms. The summed E-state index contributed by atoms with van der Waals surface area (Å²) in [7, 11) is 2.09. The normalized spacial score (nSPS) is 17.4. The van der Waals surface area contributed by atoms with Gasteiger partial charge in [-0.3, -0.25) is 9.69 Å². The molecule has 0 spiro atoms. The minimum absolute atomic E-state index is 0.295. The molecule has 7 nitrogen and oxygen atoms in total. The molecule has 4 rings (SSSR count). The summed E-state index contributed by atoms with van der Waals surface area (Å²) in [6.07, 6.45) is 10.2. The number of rotatable bonds is 5. The van der Waals surface area contributed by atoms with Crippen molar-refractivity contribution in [2.75, 3.05) is 20.1 Å². The van der Waals surface area contributed by atoms with Crippen molar-refractivity contribution >= 4 is 5.91 Å². The first-order chi connectivity index (χ1) is 12.2. The Balaban J connectivity index is 1.40. The van der Waals surface area contributed by atoms with Gasteiger partial charge in [0.05, 0.1) is 5.69 Å². The highest BCUT2D eigenvalue weighted by atomic mass is 16.2. The number of hydrogen-bond donors (Lipinski definition) is 0. The molecule has 2 aliphatic rings. The number of carbonyl (C=O) groups is 1. The Hall–Kier alpha value is -2.28. The molecule has 0 atom stereocenters. The fourth-order valence-corrected chi connectivity index (χ4v) is 3.48. The molecule has 25 heavy (non-hydrogen) atoms. The zero-order chi connectivity index (χ0) is 17.2. The highest BCUT2D eigenvalue weighted by Crippen LogP contribution is 2.31. The maximum atomic E-state index is 12.3. The molecule has 0 saturated heterocycles. The Morgan fingerprint density at radius 2 is 1.96 bits per heavy atom. The van der Waals surface area contributed by atoms with E-state index in [9.17, 15) is 4.79 Å². The first-order valence-electron chi connectivity index (χ1n) is 8.95. The Morgan fingerprint density at radius 1 is 1.16 bits per heavy atom. The molecule has 2 aromatic heterocycles. The van der Waals surface area contributed by atoms with E-state index in [4.69, 9.17) is 0 Å². The molecule has 0 radical (unpaired) electrons. The number of aromatic nitrogens is 4. The van der Waals surface area contributed by atoms with E-state index in [1.165, 1.54) is 5.69 Å². The van der Waals surface area contributed by atoms with Gasteiger partial charge in [-0.1, -0.05) is 0 Å². The lowest BCUT2D eigenvalue weighted by molar-refractivity contribution is -0.132. The molecular formula is C18H24N6O. The number of imidazole rings is 1. The van der Waals surface area contributed by atoms with E-state index >= 15 is 0 Å². The third kappa shape index (κ3) is 3.71. The molecule has 0 unspecified atom stereocenters. The molecule has 0 N–H and O–H groups in total. The predicted octanol–water partition coefficient (Wildman–Crippen LogP) is 1.10. The van der Waals surface area contributed by atoms with E-state index in [-0.39, 0.29) is 0 Å². The van der Waals surface area contributed by atoms with Gasteiger partial charge in [0.15, 0.2) is 0 Å². The molecule has 0 aromatic carbocycles. The van der Waals surface area contributed by atoms with Crippen molar-refractivity contribution in [3.63, 3.8) is 0 Å². The highest BCUT2D eigenvalue weighted by Gasteiger charge is 2.34. The molecule has 0 bridgehead atoms. The smallest absolute Gasteiger partial charge is 0.225 e. The van der Waals surface area contributed by atoms with E-state index < -0.39 is 0 Å². The maximum absolute atomic E-state index is 12.3. The Labute approximate surface area is 147 Å². The lowest BCUT2D eigenvalue weighted by Crippen LogP contribution is -2.34. The maximum Gasteiger partial charge on any atom is 0.225 e. The van der Waals surface area contributed by atoms with Gasteiger partial charge in [-0.25, -0.2) is 15.0 Å². The first-order valence-corrected chi connectivity index (χ1v) is 8.95. The van der Waals surface area contributed by atoms with Crippen molar-refractivity contribution in [3.05, 3.63) is 42.0 Å². The van der Waals surface area contributed by atoms with Gasteiger partial charge < -0.3 is 9.47 Å². The summed E-state index contributed by atoms with van der Waals surface area (Å²) in [6.45, 7) is 4.04. The lowest BCUT2D eigenvalue weighted by Gasteiger charge is -2.20. The first kappa shape index (κ1) is 16.2. The summed E-state index contributed by atoms with van der Waals surface area (Å²) in [6, 6.07) is 0. The number of nitrogens with zero attached hydrogens (tertiary/aromatic N) is 6. The SMILES string of the molecule is CN(Cc1cncnc1)Cc1cnc2n1CCN(C(=O)C1CC1)CC2. The van der Waals surface area contributed by atoms with Gasteiger partial charge in [-0.15, -0.1) is 0 Å². The zero-order valence-electron chi connectivity index (χ0n) is 14.6. The molecule has 1 aliphatic heterocycles. The van der Waals surface area contributed by atoms with Gasteiger partial charge in [0.2, 0.25) is 5.91 Å². The van der Waals surface area contributed by atoms with Crippen molar-refractivity contribution in [1.29, 1.82) is 0 Å². The summed E-state index contributed by atoms with van der Waals surface area (Å²) in [4.78, 5) is 29.3. The standard InChI is InChI=1S/C18H24N6O/c1-22(11-14-8-19-13-20-9-14)12-16-10-21-17-4-5-23(6-7-24(16)17)18(25)15-2-3-15/h8-10,13,15H,2-7,11-12H2,1H3. The van der Waals surface area contributed by atoms with Crippen LogP contribution in [0, 0.1) is 5.92 Å². The van der Waals surface area contributed by atoms with Crippen LogP contribution >= 0.6 is 0 Å². The molecule has 1 aliphatic carbocycles. The van der Waals surface area contributed by atoms with Crippen molar-refractivity contribution in [2.45, 2.75) is 38.9 Å². The number of fused-ring (bicyclic) bond motifs is 1. The summed E-state index contributed by atoms with van der Waals surface area (Å²) in [5.74, 6) is 1.73. The van der Waals surface area contributed by atoms with Crippen molar-refractivity contribution in [2.24, 2.45) is 5.92 Å². The Morgan fingerprint density at radius 3 is 2.72 bits per heavy atom. The van der Waals surface area contributed by atoms with Gasteiger partial charge >= 0.3 is 0 Å². The van der Waals surface area contributed by atoms with E-state index in [1.807, 2.05) is 23.5 Å². The van der Waals surface area contributed by atoms with Crippen LogP contribution in [0.25, 0.3) is 0 Å². The second-order valence-electron chi connectivity index (χ2n) is 7.09. The molecular weight excluding hydrogens is 316 g/mol. The molecule has 1 saturated carbocycles. The van der Waals surface area contributed by atoms with Crippen LogP contribution < -0.4 is 0 Å². The van der Waals surface area contributed by atoms with Crippen LogP contribution in [0.3, 0.4) is 0 Å². The number of carbonyl (C=O) groups excluding carboxylic acids is 1. The molecule has 132 valence electrons. The minimum atomic E-state index is 0.295. The van der Waals surface area contributed by atoms with Crippen molar-refractivity contribution in [3.8, 4) is 0 Å². The van der Waals surface area contributed by atoms with E-state index in [0.29, 0.717) is 11.8 Å². The second kappa shape index (κ2) is 6.92. The summed E-state index contributed by atoms with van der Waals surface area (Å²) in [5, 5.41) is 0. The highest BCUT2D eigenvalue weighted by molar-refractivity contribution is 5.81. The van der Waals surface area contributed by atoms with Crippen molar-refractivity contribution < 1.29 is 4.79 Å². The van der Waals surface area contributed by atoms with Crippen LogP contribution in [0.15, 0.2) is 24.9 Å².